The van der Waals surface area contributed by atoms with Crippen LogP contribution in [0, 0.1) is 0 Å². The highest BCUT2D eigenvalue weighted by Crippen LogP contribution is 2.47. The second-order valence-electron chi connectivity index (χ2n) is 12.1. The lowest BCUT2D eigenvalue weighted by molar-refractivity contribution is -0.178. The lowest BCUT2D eigenvalue weighted by atomic mass is 10.0. The molecule has 0 saturated carbocycles. The number of amides is 3. The van der Waals surface area contributed by atoms with Gasteiger partial charge in [0.1, 0.15) is 0 Å². The minimum Gasteiger partial charge on any atom is -0.373 e. The predicted octanol–water partition coefficient (Wildman–Crippen LogP) is 9.00. The monoisotopic (exact) mass is 697 g/mol. The fourth-order valence-electron chi connectivity index (χ4n) is 5.63. The number of unbranched alkanes of at least 4 members (excludes halogenated alkanes) is 15. The summed E-state index contributed by atoms with van der Waals surface area (Å²) in [5, 5.41) is -4.22. The summed E-state index contributed by atoms with van der Waals surface area (Å²) in [6.45, 7) is 8.66. The number of carbonyl (C=O) groups excluding carboxylic acids is 3. The van der Waals surface area contributed by atoms with Gasteiger partial charge in [-0.2, -0.15) is 15.4 Å². The lowest BCUT2D eigenvalue weighted by Crippen LogP contribution is -2.71. The van der Waals surface area contributed by atoms with E-state index in [4.69, 9.17) is 13.3 Å². The Labute approximate surface area is 284 Å². The summed E-state index contributed by atoms with van der Waals surface area (Å²) in [4.78, 5) is 42.9. The van der Waals surface area contributed by atoms with Crippen molar-refractivity contribution in [1.82, 2.24) is 15.4 Å². The average Bonchev–Trinajstić information content (AvgIpc) is 3.05. The summed E-state index contributed by atoms with van der Waals surface area (Å²) in [5.74, 6) is -5.17. The van der Waals surface area contributed by atoms with Crippen LogP contribution < -0.4 is 0 Å². The first-order valence-corrected chi connectivity index (χ1v) is 20.2. The topological polar surface area (TPSA) is 88.6 Å². The first-order valence-electron chi connectivity index (χ1n) is 18.5. The van der Waals surface area contributed by atoms with Gasteiger partial charge in [-0.25, -0.2) is 0 Å². The highest BCUT2D eigenvalue weighted by Gasteiger charge is 2.78. The number of hydrogen-bond donors (Lipinski definition) is 0. The number of rotatable bonds is 31. The van der Waals surface area contributed by atoms with Gasteiger partial charge in [0, 0.05) is 19.8 Å². The molecule has 0 aliphatic rings. The van der Waals surface area contributed by atoms with Crippen LogP contribution in [0.3, 0.4) is 0 Å². The van der Waals surface area contributed by atoms with Crippen molar-refractivity contribution in [3.8, 4) is 0 Å². The normalized spacial score (nSPS) is 11.9. The standard InChI is InChI=1S/C34H66F3N3O6Si/c1-7-13-16-19-22-25-28-38(35)31(41)34(47(44-10-4,45-11-5)46-12-6,32(42)39(36)29-26-23-20-17-14-8-2)33(43)40(37)30-27-24-21-18-15-9-3/h7-30H2,1-6H3. The van der Waals surface area contributed by atoms with Crippen molar-refractivity contribution in [3.05, 3.63) is 0 Å². The number of halogens is 3. The molecule has 0 rings (SSSR count). The van der Waals surface area contributed by atoms with E-state index in [1.807, 2.05) is 0 Å². The maximum Gasteiger partial charge on any atom is 0.537 e. The molecule has 0 radical (unpaired) electrons. The number of hydrogen-bond acceptors (Lipinski definition) is 6. The molecule has 0 aromatic rings. The van der Waals surface area contributed by atoms with Crippen molar-refractivity contribution in [3.63, 3.8) is 0 Å². The van der Waals surface area contributed by atoms with Crippen LogP contribution in [0.1, 0.15) is 157 Å². The van der Waals surface area contributed by atoms with Gasteiger partial charge >= 0.3 is 8.80 Å². The van der Waals surface area contributed by atoms with Crippen LogP contribution in [0.25, 0.3) is 0 Å². The van der Waals surface area contributed by atoms with E-state index in [9.17, 15) is 14.4 Å². The molecule has 0 atom stereocenters. The van der Waals surface area contributed by atoms with E-state index in [0.717, 1.165) is 77.0 Å². The Kier molecular flexibility index (Phi) is 26.2. The Morgan fingerprint density at radius 2 is 0.681 bits per heavy atom. The summed E-state index contributed by atoms with van der Waals surface area (Å²) in [5.41, 5.74) is 0. The minimum absolute atomic E-state index is 0.223. The summed E-state index contributed by atoms with van der Waals surface area (Å²) >= 11 is 0. The molecule has 3 amide bonds. The zero-order valence-electron chi connectivity index (χ0n) is 30.4. The molecule has 0 N–H and O–H groups in total. The largest absolute Gasteiger partial charge is 0.537 e. The minimum atomic E-state index is -5.04. The van der Waals surface area contributed by atoms with Gasteiger partial charge in [0.25, 0.3) is 22.8 Å². The van der Waals surface area contributed by atoms with Crippen LogP contribution in [-0.2, 0) is 27.7 Å². The predicted molar refractivity (Wildman–Crippen MR) is 182 cm³/mol. The second kappa shape index (κ2) is 27.2. The van der Waals surface area contributed by atoms with E-state index < -0.39 is 51.2 Å². The zero-order chi connectivity index (χ0) is 35.6. The molecule has 0 fully saturated rings. The first-order chi connectivity index (χ1) is 22.6. The molecule has 0 saturated heterocycles. The molecule has 0 aromatic carbocycles. The summed E-state index contributed by atoms with van der Waals surface area (Å²) in [7, 11) is -5.04. The number of carbonyl (C=O) groups is 3. The molecule has 13 heteroatoms. The van der Waals surface area contributed by atoms with Crippen LogP contribution >= 0.6 is 0 Å². The third kappa shape index (κ3) is 14.8. The number of nitrogens with zero attached hydrogens (tertiary/aromatic N) is 3. The fourth-order valence-corrected chi connectivity index (χ4v) is 8.82. The van der Waals surface area contributed by atoms with Crippen LogP contribution in [-0.4, -0.2) is 81.3 Å². The van der Waals surface area contributed by atoms with Crippen LogP contribution in [0.2, 0.25) is 5.04 Å². The van der Waals surface area contributed by atoms with Gasteiger partial charge in [-0.3, -0.25) is 14.4 Å². The molecular weight excluding hydrogens is 631 g/mol. The van der Waals surface area contributed by atoms with E-state index in [1.54, 1.807) is 0 Å². The van der Waals surface area contributed by atoms with Crippen molar-refractivity contribution in [1.29, 1.82) is 0 Å². The highest BCUT2D eigenvalue weighted by molar-refractivity contribution is 6.79. The summed E-state index contributed by atoms with van der Waals surface area (Å²) < 4.78 is 65.5. The van der Waals surface area contributed by atoms with E-state index in [2.05, 4.69) is 20.8 Å². The fraction of sp³-hybridized carbons (Fsp3) is 0.912. The SMILES string of the molecule is CCCCCCCCN(F)C(=O)C(C(=O)N(F)CCCCCCCC)(C(=O)N(F)CCCCCCCC)[Si](OCC)(OCC)OCC. The second-order valence-corrected chi connectivity index (χ2v) is 14.8. The highest BCUT2D eigenvalue weighted by atomic mass is 28.4. The molecular formula is C34H66F3N3O6Si. The van der Waals surface area contributed by atoms with Crippen molar-refractivity contribution in [2.24, 2.45) is 0 Å². The van der Waals surface area contributed by atoms with Gasteiger partial charge in [-0.1, -0.05) is 131 Å². The molecule has 0 aromatic heterocycles. The molecule has 0 spiro atoms. The third-order valence-electron chi connectivity index (χ3n) is 8.21. The molecule has 278 valence electrons. The quantitative estimate of drug-likeness (QED) is 0.0311. The maximum absolute atomic E-state index is 16.0. The Hall–Kier alpha value is -1.70. The van der Waals surface area contributed by atoms with E-state index in [1.165, 1.54) is 20.8 Å². The van der Waals surface area contributed by atoms with Gasteiger partial charge < -0.3 is 13.3 Å². The van der Waals surface area contributed by atoms with Crippen LogP contribution in [0.15, 0.2) is 0 Å². The molecule has 0 aliphatic heterocycles. The van der Waals surface area contributed by atoms with Crippen molar-refractivity contribution >= 4 is 26.5 Å². The van der Waals surface area contributed by atoms with E-state index in [0.29, 0.717) is 19.3 Å². The molecule has 0 bridgehead atoms. The third-order valence-corrected chi connectivity index (χ3v) is 11.8. The Morgan fingerprint density at radius 3 is 0.915 bits per heavy atom. The van der Waals surface area contributed by atoms with Gasteiger partial charge in [-0.05, 0) is 40.0 Å². The Balaban J connectivity index is 6.82. The summed E-state index contributed by atoms with van der Waals surface area (Å²) in [6, 6.07) is 0. The van der Waals surface area contributed by atoms with E-state index >= 15 is 13.4 Å². The smallest absolute Gasteiger partial charge is 0.373 e. The van der Waals surface area contributed by atoms with E-state index in [-0.39, 0.29) is 54.4 Å². The van der Waals surface area contributed by atoms with Gasteiger partial charge in [0.15, 0.2) is 0 Å². The van der Waals surface area contributed by atoms with Gasteiger partial charge in [0.2, 0.25) is 0 Å². The zero-order valence-corrected chi connectivity index (χ0v) is 31.4. The Bertz CT molecular complexity index is 744. The lowest BCUT2D eigenvalue weighted by Gasteiger charge is -2.43. The Morgan fingerprint density at radius 1 is 0.447 bits per heavy atom. The van der Waals surface area contributed by atoms with Crippen LogP contribution in [0.5, 0.6) is 0 Å². The molecule has 47 heavy (non-hydrogen) atoms. The van der Waals surface area contributed by atoms with Crippen molar-refractivity contribution < 1.29 is 41.1 Å². The molecule has 0 heterocycles. The molecule has 9 nitrogen and oxygen atoms in total. The molecule has 0 aliphatic carbocycles. The van der Waals surface area contributed by atoms with Gasteiger partial charge in [0.05, 0.1) is 19.6 Å². The van der Waals surface area contributed by atoms with Crippen LogP contribution in [0.4, 0.5) is 13.4 Å². The van der Waals surface area contributed by atoms with Crippen molar-refractivity contribution in [2.45, 2.75) is 162 Å². The maximum atomic E-state index is 16.0. The molecule has 0 unspecified atom stereocenters. The van der Waals surface area contributed by atoms with Gasteiger partial charge in [-0.15, -0.1) is 0 Å². The summed E-state index contributed by atoms with van der Waals surface area (Å²) in [6.07, 6.45) is 13.8. The first kappa shape index (κ1) is 45.3. The average molecular weight is 698 g/mol. The van der Waals surface area contributed by atoms with Crippen molar-refractivity contribution in [2.75, 3.05) is 39.5 Å².